The fraction of sp³-hybridized carbons (Fsp3) is 0.333. The fourth-order valence-electron chi connectivity index (χ4n) is 1.76. The molecule has 0 spiro atoms. The monoisotopic (exact) mass is 185 g/mol. The van der Waals surface area contributed by atoms with Crippen LogP contribution in [0.3, 0.4) is 0 Å². The van der Waals surface area contributed by atoms with Gasteiger partial charge < -0.3 is 4.90 Å². The van der Waals surface area contributed by atoms with Gasteiger partial charge in [-0.15, -0.1) is 0 Å². The maximum atomic E-state index is 8.67. The number of nitriles is 1. The number of hydrogen-bond donors (Lipinski definition) is 0. The van der Waals surface area contributed by atoms with Crippen molar-refractivity contribution in [2.45, 2.75) is 12.8 Å². The zero-order chi connectivity index (χ0) is 9.80. The Kier molecular flexibility index (Phi) is 2.69. The van der Waals surface area contributed by atoms with Gasteiger partial charge in [-0.2, -0.15) is 5.26 Å². The Morgan fingerprint density at radius 1 is 1.07 bits per heavy atom. The smallest absolute Gasteiger partial charge is 0.0991 e. The lowest BCUT2D eigenvalue weighted by Crippen LogP contribution is -2.29. The zero-order valence-electron chi connectivity index (χ0n) is 8.11. The van der Waals surface area contributed by atoms with Crippen molar-refractivity contribution in [3.63, 3.8) is 0 Å². The van der Waals surface area contributed by atoms with Gasteiger partial charge >= 0.3 is 0 Å². The minimum Gasteiger partial charge on any atom is -0.372 e. The summed E-state index contributed by atoms with van der Waals surface area (Å²) in [6.45, 7) is 2.21. The predicted octanol–water partition coefficient (Wildman–Crippen LogP) is 2.36. The van der Waals surface area contributed by atoms with Crippen LogP contribution in [-0.2, 0) is 0 Å². The molecule has 1 heterocycles. The second-order valence-corrected chi connectivity index (χ2v) is 3.51. The van der Waals surface area contributed by atoms with Crippen molar-refractivity contribution in [1.29, 1.82) is 5.26 Å². The van der Waals surface area contributed by atoms with E-state index in [0.29, 0.717) is 0 Å². The second-order valence-electron chi connectivity index (χ2n) is 3.51. The summed E-state index contributed by atoms with van der Waals surface area (Å²) in [6, 6.07) is 9.96. The van der Waals surface area contributed by atoms with Crippen LogP contribution in [0.4, 0.5) is 5.69 Å². The second kappa shape index (κ2) is 4.15. The van der Waals surface area contributed by atoms with E-state index in [4.69, 9.17) is 5.26 Å². The largest absolute Gasteiger partial charge is 0.372 e. The molecule has 71 valence electrons. The van der Waals surface area contributed by atoms with Crippen molar-refractivity contribution in [3.8, 4) is 6.07 Å². The van der Waals surface area contributed by atoms with Gasteiger partial charge in [-0.3, -0.25) is 0 Å². The highest BCUT2D eigenvalue weighted by Gasteiger charge is 2.10. The number of benzene rings is 1. The standard InChI is InChI=1S/C12H13N2/c13-10-11-4-6-12(7-5-11)14-8-2-1-3-9-14/h1,4-7H,2-3,8-9H2. The van der Waals surface area contributed by atoms with Crippen LogP contribution in [0.25, 0.3) is 0 Å². The van der Waals surface area contributed by atoms with Crippen molar-refractivity contribution in [3.05, 3.63) is 36.2 Å². The third kappa shape index (κ3) is 1.88. The lowest BCUT2D eigenvalue weighted by molar-refractivity contribution is 0.679. The van der Waals surface area contributed by atoms with Gasteiger partial charge in [0, 0.05) is 18.8 Å². The molecule has 1 aliphatic heterocycles. The number of rotatable bonds is 1. The average Bonchev–Trinajstić information content (AvgIpc) is 2.30. The minimum atomic E-state index is 0.734. The summed E-state index contributed by atoms with van der Waals surface area (Å²) in [6.07, 6.45) is 4.67. The van der Waals surface area contributed by atoms with Gasteiger partial charge in [0.25, 0.3) is 0 Å². The third-order valence-corrected chi connectivity index (χ3v) is 2.57. The molecule has 1 aliphatic rings. The van der Waals surface area contributed by atoms with Crippen LogP contribution in [0.5, 0.6) is 0 Å². The van der Waals surface area contributed by atoms with E-state index in [1.165, 1.54) is 18.5 Å². The van der Waals surface area contributed by atoms with Crippen LogP contribution >= 0.6 is 0 Å². The molecule has 14 heavy (non-hydrogen) atoms. The number of nitrogens with zero attached hydrogens (tertiary/aromatic N) is 2. The van der Waals surface area contributed by atoms with Gasteiger partial charge in [0.05, 0.1) is 11.6 Å². The van der Waals surface area contributed by atoms with Gasteiger partial charge in [-0.1, -0.05) is 0 Å². The topological polar surface area (TPSA) is 27.0 Å². The molecule has 1 aromatic carbocycles. The first kappa shape index (κ1) is 9.08. The summed E-state index contributed by atoms with van der Waals surface area (Å²) >= 11 is 0. The first-order chi connectivity index (χ1) is 6.90. The molecule has 0 atom stereocenters. The Balaban J connectivity index is 2.12. The van der Waals surface area contributed by atoms with Crippen molar-refractivity contribution >= 4 is 5.69 Å². The maximum Gasteiger partial charge on any atom is 0.0991 e. The average molecular weight is 185 g/mol. The fourth-order valence-corrected chi connectivity index (χ4v) is 1.76. The molecule has 2 rings (SSSR count). The SMILES string of the molecule is N#Cc1ccc(N2CC[CH]CC2)cc1. The molecule has 1 saturated heterocycles. The minimum absolute atomic E-state index is 0.734. The quantitative estimate of drug-likeness (QED) is 0.671. The van der Waals surface area contributed by atoms with E-state index in [1.54, 1.807) is 0 Å². The maximum absolute atomic E-state index is 8.67. The van der Waals surface area contributed by atoms with Gasteiger partial charge in [-0.05, 0) is 43.5 Å². The zero-order valence-corrected chi connectivity index (χ0v) is 8.11. The molecular weight excluding hydrogens is 172 g/mol. The Hall–Kier alpha value is -1.49. The van der Waals surface area contributed by atoms with Gasteiger partial charge in [0.2, 0.25) is 0 Å². The lowest BCUT2D eigenvalue weighted by atomic mass is 10.1. The Labute approximate surface area is 84.8 Å². The van der Waals surface area contributed by atoms with Crippen LogP contribution in [0.15, 0.2) is 24.3 Å². The molecule has 0 aromatic heterocycles. The summed E-state index contributed by atoms with van der Waals surface area (Å²) in [5.74, 6) is 0. The number of anilines is 1. The Morgan fingerprint density at radius 2 is 1.71 bits per heavy atom. The van der Waals surface area contributed by atoms with Crippen molar-refractivity contribution < 1.29 is 0 Å². The number of piperidine rings is 1. The molecule has 1 fully saturated rings. The first-order valence-electron chi connectivity index (χ1n) is 4.97. The van der Waals surface area contributed by atoms with Crippen LogP contribution in [-0.4, -0.2) is 13.1 Å². The van der Waals surface area contributed by atoms with Gasteiger partial charge in [0.1, 0.15) is 0 Å². The first-order valence-corrected chi connectivity index (χ1v) is 4.97. The summed E-state index contributed by atoms with van der Waals surface area (Å²) in [4.78, 5) is 2.36. The highest BCUT2D eigenvalue weighted by Crippen LogP contribution is 2.19. The molecule has 0 aliphatic carbocycles. The number of hydrogen-bond acceptors (Lipinski definition) is 2. The molecule has 2 heteroatoms. The van der Waals surface area contributed by atoms with E-state index in [1.807, 2.05) is 24.3 Å². The van der Waals surface area contributed by atoms with Crippen LogP contribution in [0, 0.1) is 17.8 Å². The Bertz CT molecular complexity index is 328. The third-order valence-electron chi connectivity index (χ3n) is 2.57. The van der Waals surface area contributed by atoms with Crippen molar-refractivity contribution in [2.75, 3.05) is 18.0 Å². The highest BCUT2D eigenvalue weighted by atomic mass is 15.1. The van der Waals surface area contributed by atoms with E-state index >= 15 is 0 Å². The van der Waals surface area contributed by atoms with Gasteiger partial charge in [0.15, 0.2) is 0 Å². The molecule has 0 N–H and O–H groups in total. The molecule has 2 nitrogen and oxygen atoms in total. The normalized spacial score (nSPS) is 16.4. The van der Waals surface area contributed by atoms with E-state index in [2.05, 4.69) is 17.4 Å². The summed E-state index contributed by atoms with van der Waals surface area (Å²) in [5.41, 5.74) is 1.97. The van der Waals surface area contributed by atoms with E-state index < -0.39 is 0 Å². The molecule has 0 amide bonds. The van der Waals surface area contributed by atoms with Crippen molar-refractivity contribution in [2.24, 2.45) is 0 Å². The molecule has 1 radical (unpaired) electrons. The predicted molar refractivity (Wildman–Crippen MR) is 56.9 cm³/mol. The van der Waals surface area contributed by atoms with E-state index in [-0.39, 0.29) is 0 Å². The molecule has 0 saturated carbocycles. The lowest BCUT2D eigenvalue weighted by Gasteiger charge is -2.28. The molecule has 1 aromatic rings. The highest BCUT2D eigenvalue weighted by molar-refractivity contribution is 5.50. The summed E-state index contributed by atoms with van der Waals surface area (Å²) < 4.78 is 0. The van der Waals surface area contributed by atoms with E-state index in [0.717, 1.165) is 18.7 Å². The molecular formula is C12H13N2. The summed E-state index contributed by atoms with van der Waals surface area (Å²) in [7, 11) is 0. The molecule has 0 unspecified atom stereocenters. The van der Waals surface area contributed by atoms with Crippen LogP contribution < -0.4 is 4.90 Å². The van der Waals surface area contributed by atoms with Crippen LogP contribution in [0.2, 0.25) is 0 Å². The van der Waals surface area contributed by atoms with Crippen molar-refractivity contribution in [1.82, 2.24) is 0 Å². The van der Waals surface area contributed by atoms with E-state index in [9.17, 15) is 0 Å². The van der Waals surface area contributed by atoms with Crippen LogP contribution in [0.1, 0.15) is 18.4 Å². The Morgan fingerprint density at radius 3 is 2.29 bits per heavy atom. The van der Waals surface area contributed by atoms with Gasteiger partial charge in [-0.25, -0.2) is 0 Å². The molecule has 0 bridgehead atoms. The summed E-state index contributed by atoms with van der Waals surface area (Å²) in [5, 5.41) is 8.67.